The number of pyridine rings is 1. The molecule has 1 aliphatic heterocycles. The topological polar surface area (TPSA) is 99.9 Å². The molecule has 0 radical (unpaired) electrons. The summed E-state index contributed by atoms with van der Waals surface area (Å²) >= 11 is 0. The van der Waals surface area contributed by atoms with E-state index in [9.17, 15) is 18.0 Å². The third kappa shape index (κ3) is 5.43. The molecule has 0 aliphatic carbocycles. The zero-order valence-corrected chi connectivity index (χ0v) is 21.7. The van der Waals surface area contributed by atoms with Crippen molar-refractivity contribution in [3.63, 3.8) is 0 Å². The van der Waals surface area contributed by atoms with Gasteiger partial charge >= 0.3 is 6.18 Å². The average Bonchev–Trinajstić information content (AvgIpc) is 3.47. The summed E-state index contributed by atoms with van der Waals surface area (Å²) in [6.07, 6.45) is -3.51. The monoisotopic (exact) mass is 541 g/mol. The fourth-order valence-electron chi connectivity index (χ4n) is 4.34. The van der Waals surface area contributed by atoms with E-state index in [1.807, 2.05) is 13.8 Å². The lowest BCUT2D eigenvalue weighted by atomic mass is 9.99. The largest absolute Gasteiger partial charge is 0.475 e. The minimum atomic E-state index is -4.57. The van der Waals surface area contributed by atoms with Gasteiger partial charge in [-0.05, 0) is 51.0 Å². The van der Waals surface area contributed by atoms with Gasteiger partial charge in [-0.25, -0.2) is 9.50 Å². The number of aromatic nitrogens is 4. The highest BCUT2D eigenvalue weighted by atomic mass is 19.4. The highest BCUT2D eigenvalue weighted by Gasteiger charge is 2.35. The number of ether oxygens (including phenoxy) is 3. The van der Waals surface area contributed by atoms with Crippen LogP contribution in [0.1, 0.15) is 41.0 Å². The summed E-state index contributed by atoms with van der Waals surface area (Å²) in [5, 5.41) is 7.11. The second kappa shape index (κ2) is 9.93. The molecule has 1 aromatic carbocycles. The van der Waals surface area contributed by atoms with Gasteiger partial charge in [0.15, 0.2) is 17.1 Å². The van der Waals surface area contributed by atoms with Crippen LogP contribution >= 0.6 is 0 Å². The number of rotatable bonds is 6. The average molecular weight is 542 g/mol. The first kappa shape index (κ1) is 26.6. The molecule has 0 bridgehead atoms. The molecular weight excluding hydrogens is 515 g/mol. The van der Waals surface area contributed by atoms with Crippen LogP contribution in [0.4, 0.5) is 19.0 Å². The van der Waals surface area contributed by atoms with E-state index in [0.717, 1.165) is 6.07 Å². The Bertz CT molecular complexity index is 1550. The van der Waals surface area contributed by atoms with Gasteiger partial charge in [-0.2, -0.15) is 23.3 Å². The van der Waals surface area contributed by atoms with Gasteiger partial charge in [0.25, 0.3) is 5.91 Å². The number of amides is 1. The number of hydrogen-bond donors (Lipinski definition) is 1. The van der Waals surface area contributed by atoms with Crippen LogP contribution in [0.3, 0.4) is 0 Å². The zero-order chi connectivity index (χ0) is 27.9. The highest BCUT2D eigenvalue weighted by Crippen LogP contribution is 2.38. The van der Waals surface area contributed by atoms with Gasteiger partial charge in [0.05, 0.1) is 24.1 Å². The number of aryl methyl sites for hydroxylation is 1. The highest BCUT2D eigenvalue weighted by molar-refractivity contribution is 6.03. The Morgan fingerprint density at radius 1 is 1.15 bits per heavy atom. The van der Waals surface area contributed by atoms with Crippen molar-refractivity contribution in [1.82, 2.24) is 19.6 Å². The maximum Gasteiger partial charge on any atom is 0.417 e. The van der Waals surface area contributed by atoms with Crippen LogP contribution in [0.5, 0.6) is 5.88 Å². The maximum atomic E-state index is 13.7. The Morgan fingerprint density at radius 2 is 1.92 bits per heavy atom. The SMILES string of the molecule is Cc1c(-c2ccccc2C(F)(F)F)nn2c(C(=O)Nc3cccc(OCC4COC(C)(C)O4)n3)cnc2c1C. The normalized spacial score (nSPS) is 16.9. The van der Waals surface area contributed by atoms with E-state index in [1.54, 1.807) is 32.0 Å². The van der Waals surface area contributed by atoms with E-state index in [4.69, 9.17) is 14.2 Å². The molecule has 4 heterocycles. The Labute approximate surface area is 221 Å². The van der Waals surface area contributed by atoms with Crippen LogP contribution in [0.2, 0.25) is 0 Å². The first-order chi connectivity index (χ1) is 18.4. The number of halogens is 3. The van der Waals surface area contributed by atoms with Gasteiger partial charge < -0.3 is 19.5 Å². The zero-order valence-electron chi connectivity index (χ0n) is 21.7. The number of nitrogens with one attached hydrogen (secondary N) is 1. The number of carbonyl (C=O) groups excluding carboxylic acids is 1. The summed E-state index contributed by atoms with van der Waals surface area (Å²) in [6, 6.07) is 10.1. The Morgan fingerprint density at radius 3 is 2.64 bits per heavy atom. The van der Waals surface area contributed by atoms with Crippen LogP contribution in [0.25, 0.3) is 16.9 Å². The van der Waals surface area contributed by atoms with Crippen LogP contribution < -0.4 is 10.1 Å². The van der Waals surface area contributed by atoms with Crippen molar-refractivity contribution in [2.75, 3.05) is 18.5 Å². The van der Waals surface area contributed by atoms with Crippen LogP contribution in [-0.2, 0) is 15.7 Å². The molecule has 1 saturated heterocycles. The van der Waals surface area contributed by atoms with Crippen molar-refractivity contribution >= 4 is 17.4 Å². The van der Waals surface area contributed by atoms with Crippen LogP contribution in [0.15, 0.2) is 48.7 Å². The molecule has 1 aliphatic rings. The summed E-state index contributed by atoms with van der Waals surface area (Å²) < 4.78 is 59.4. The molecular formula is C27H26F3N5O4. The second-order valence-corrected chi connectivity index (χ2v) is 9.60. The Kier molecular flexibility index (Phi) is 6.77. The molecule has 12 heteroatoms. The fourth-order valence-corrected chi connectivity index (χ4v) is 4.34. The van der Waals surface area contributed by atoms with E-state index < -0.39 is 23.4 Å². The fraction of sp³-hybridized carbons (Fsp3) is 0.333. The Hall–Kier alpha value is -4.03. The third-order valence-electron chi connectivity index (χ3n) is 6.36. The molecule has 3 aromatic heterocycles. The molecule has 1 N–H and O–H groups in total. The van der Waals surface area contributed by atoms with Crippen molar-refractivity contribution in [2.45, 2.75) is 45.8 Å². The molecule has 39 heavy (non-hydrogen) atoms. The molecule has 1 atom stereocenters. The maximum absolute atomic E-state index is 13.7. The van der Waals surface area contributed by atoms with E-state index in [2.05, 4.69) is 20.4 Å². The summed E-state index contributed by atoms with van der Waals surface area (Å²) in [5.41, 5.74) is 0.732. The predicted molar refractivity (Wildman–Crippen MR) is 135 cm³/mol. The first-order valence-electron chi connectivity index (χ1n) is 12.2. The molecule has 204 valence electrons. The predicted octanol–water partition coefficient (Wildman–Crippen LogP) is 5.21. The van der Waals surface area contributed by atoms with Crippen molar-refractivity contribution < 1.29 is 32.2 Å². The molecule has 9 nitrogen and oxygen atoms in total. The number of imidazole rings is 1. The van der Waals surface area contributed by atoms with Gasteiger partial charge in [0.1, 0.15) is 18.5 Å². The molecule has 4 aromatic rings. The smallest absolute Gasteiger partial charge is 0.417 e. The van der Waals surface area contributed by atoms with E-state index in [-0.39, 0.29) is 41.4 Å². The molecule has 1 fully saturated rings. The lowest BCUT2D eigenvalue weighted by Gasteiger charge is -2.17. The number of fused-ring (bicyclic) bond motifs is 1. The Balaban J connectivity index is 1.41. The summed E-state index contributed by atoms with van der Waals surface area (Å²) in [5.74, 6) is -0.782. The molecule has 0 saturated carbocycles. The van der Waals surface area contributed by atoms with Crippen LogP contribution in [-0.4, -0.2) is 50.6 Å². The number of carbonyl (C=O) groups is 1. The number of hydrogen-bond acceptors (Lipinski definition) is 7. The van der Waals surface area contributed by atoms with Gasteiger partial charge in [-0.1, -0.05) is 24.3 Å². The van der Waals surface area contributed by atoms with Crippen molar-refractivity contribution in [3.8, 4) is 17.1 Å². The molecule has 1 unspecified atom stereocenters. The quantitative estimate of drug-likeness (QED) is 0.358. The van der Waals surface area contributed by atoms with E-state index in [1.165, 1.54) is 28.9 Å². The van der Waals surface area contributed by atoms with Gasteiger partial charge in [0.2, 0.25) is 5.88 Å². The minimum absolute atomic E-state index is 0.0331. The van der Waals surface area contributed by atoms with Gasteiger partial charge in [0, 0.05) is 11.6 Å². The lowest BCUT2D eigenvalue weighted by Crippen LogP contribution is -2.25. The molecule has 1 amide bonds. The summed E-state index contributed by atoms with van der Waals surface area (Å²) in [7, 11) is 0. The number of alkyl halides is 3. The second-order valence-electron chi connectivity index (χ2n) is 9.60. The number of benzene rings is 1. The summed E-state index contributed by atoms with van der Waals surface area (Å²) in [4.78, 5) is 21.8. The van der Waals surface area contributed by atoms with Crippen molar-refractivity contribution in [2.24, 2.45) is 0 Å². The lowest BCUT2D eigenvalue weighted by molar-refractivity contribution is -0.141. The number of nitrogens with zero attached hydrogens (tertiary/aromatic N) is 4. The first-order valence-corrected chi connectivity index (χ1v) is 12.2. The standard InChI is InChI=1S/C27H26F3N5O4/c1-15-16(2)24-31-12-20(35(24)34-23(15)18-8-5-6-9-19(18)27(28,29)30)25(36)33-21-10-7-11-22(32-21)37-13-17-14-38-26(3,4)39-17/h5-12,17H,13-14H2,1-4H3,(H,32,33,36). The number of anilines is 1. The van der Waals surface area contributed by atoms with Gasteiger partial charge in [-0.3, -0.25) is 4.79 Å². The molecule has 5 rings (SSSR count). The van der Waals surface area contributed by atoms with Crippen molar-refractivity contribution in [1.29, 1.82) is 0 Å². The van der Waals surface area contributed by atoms with Crippen LogP contribution in [0, 0.1) is 13.8 Å². The van der Waals surface area contributed by atoms with E-state index >= 15 is 0 Å². The van der Waals surface area contributed by atoms with Gasteiger partial charge in [-0.15, -0.1) is 0 Å². The van der Waals surface area contributed by atoms with E-state index in [0.29, 0.717) is 23.4 Å². The minimum Gasteiger partial charge on any atom is -0.475 e. The molecule has 0 spiro atoms. The van der Waals surface area contributed by atoms with Crippen molar-refractivity contribution in [3.05, 3.63) is 71.0 Å². The third-order valence-corrected chi connectivity index (χ3v) is 6.36. The summed E-state index contributed by atoms with van der Waals surface area (Å²) in [6.45, 7) is 7.64.